The highest BCUT2D eigenvalue weighted by atomic mass is 32.2. The van der Waals surface area contributed by atoms with Crippen molar-refractivity contribution in [1.82, 2.24) is 19.8 Å². The van der Waals surface area contributed by atoms with Crippen LogP contribution in [0.4, 0.5) is 0 Å². The van der Waals surface area contributed by atoms with Crippen molar-refractivity contribution in [2.24, 2.45) is 11.7 Å². The number of aryl methyl sites for hydroxylation is 2. The van der Waals surface area contributed by atoms with Crippen LogP contribution in [-0.2, 0) is 14.8 Å². The number of H-pyrrole nitrogens is 1. The van der Waals surface area contributed by atoms with Gasteiger partial charge in [0.2, 0.25) is 15.9 Å². The van der Waals surface area contributed by atoms with Gasteiger partial charge in [0, 0.05) is 25.7 Å². The van der Waals surface area contributed by atoms with Gasteiger partial charge in [-0.25, -0.2) is 8.42 Å². The normalized spacial score (nSPS) is 20.8. The number of amides is 1. The molecule has 1 aliphatic heterocycles. The number of nitrogens with one attached hydrogen (secondary N) is 2. The van der Waals surface area contributed by atoms with E-state index in [0.29, 0.717) is 43.7 Å². The van der Waals surface area contributed by atoms with Crippen LogP contribution >= 0.6 is 0 Å². The highest BCUT2D eigenvalue weighted by molar-refractivity contribution is 7.89. The molecule has 1 amide bonds. The Bertz CT molecular complexity index is 664. The van der Waals surface area contributed by atoms with Gasteiger partial charge in [-0.3, -0.25) is 9.89 Å². The van der Waals surface area contributed by atoms with Crippen molar-refractivity contribution in [2.45, 2.75) is 51.0 Å². The molecule has 2 unspecified atom stereocenters. The zero-order chi connectivity index (χ0) is 17.9. The number of aromatic amines is 1. The van der Waals surface area contributed by atoms with E-state index in [1.54, 1.807) is 13.8 Å². The highest BCUT2D eigenvalue weighted by Gasteiger charge is 2.35. The number of nitrogens with zero attached hydrogens (tertiary/aromatic N) is 2. The molecule has 0 aromatic carbocycles. The average Bonchev–Trinajstić information content (AvgIpc) is 2.86. The van der Waals surface area contributed by atoms with Crippen LogP contribution in [-0.4, -0.2) is 54.5 Å². The van der Waals surface area contributed by atoms with Crippen molar-refractivity contribution in [3.8, 4) is 0 Å². The third-order valence-electron chi connectivity index (χ3n) is 4.31. The Hall–Kier alpha value is -1.45. The second kappa shape index (κ2) is 7.62. The van der Waals surface area contributed by atoms with Gasteiger partial charge >= 0.3 is 0 Å². The van der Waals surface area contributed by atoms with E-state index >= 15 is 0 Å². The van der Waals surface area contributed by atoms with Crippen LogP contribution in [0.25, 0.3) is 0 Å². The Kier molecular flexibility index (Phi) is 6.00. The van der Waals surface area contributed by atoms with Crippen LogP contribution in [0.3, 0.4) is 0 Å². The van der Waals surface area contributed by atoms with Crippen LogP contribution in [0.1, 0.15) is 37.6 Å². The summed E-state index contributed by atoms with van der Waals surface area (Å²) in [7, 11) is -3.64. The number of aromatic nitrogens is 2. The molecule has 0 radical (unpaired) electrons. The zero-order valence-electron chi connectivity index (χ0n) is 14.5. The van der Waals surface area contributed by atoms with Gasteiger partial charge in [-0.1, -0.05) is 0 Å². The molecule has 0 aliphatic carbocycles. The fraction of sp³-hybridized carbons (Fsp3) is 0.733. The zero-order valence-corrected chi connectivity index (χ0v) is 15.3. The highest BCUT2D eigenvalue weighted by Crippen LogP contribution is 2.26. The predicted octanol–water partition coefficient (Wildman–Crippen LogP) is 0.281. The maximum Gasteiger partial charge on any atom is 0.246 e. The van der Waals surface area contributed by atoms with Crippen molar-refractivity contribution >= 4 is 15.9 Å². The third-order valence-corrected chi connectivity index (χ3v) is 6.44. The molecule has 0 bridgehead atoms. The number of rotatable bonds is 6. The Labute approximate surface area is 143 Å². The average molecular weight is 357 g/mol. The molecule has 4 N–H and O–H groups in total. The van der Waals surface area contributed by atoms with Gasteiger partial charge in [0.1, 0.15) is 4.90 Å². The minimum atomic E-state index is -3.64. The molecule has 2 heterocycles. The van der Waals surface area contributed by atoms with Crippen LogP contribution in [0, 0.1) is 19.8 Å². The summed E-state index contributed by atoms with van der Waals surface area (Å²) >= 11 is 0. The van der Waals surface area contributed by atoms with Crippen molar-refractivity contribution in [3.05, 3.63) is 11.4 Å². The SMILES string of the molecule is Cc1n[nH]c(C)c1S(=O)(=O)N1CCCC(C(=O)NCCC(C)N)C1. The first-order chi connectivity index (χ1) is 11.2. The van der Waals surface area contributed by atoms with Crippen molar-refractivity contribution in [1.29, 1.82) is 0 Å². The minimum absolute atomic E-state index is 0.0283. The molecule has 1 aromatic rings. The van der Waals surface area contributed by atoms with Gasteiger partial charge in [0.25, 0.3) is 0 Å². The Balaban J connectivity index is 2.06. The second-order valence-corrected chi connectivity index (χ2v) is 8.40. The summed E-state index contributed by atoms with van der Waals surface area (Å²) in [6.45, 7) is 6.39. The summed E-state index contributed by atoms with van der Waals surface area (Å²) < 4.78 is 27.2. The molecule has 1 fully saturated rings. The molecule has 0 saturated carbocycles. The fourth-order valence-corrected chi connectivity index (χ4v) is 4.85. The molecule has 2 rings (SSSR count). The number of hydrogen-bond donors (Lipinski definition) is 3. The lowest BCUT2D eigenvalue weighted by Gasteiger charge is -2.31. The molecule has 2 atom stereocenters. The van der Waals surface area contributed by atoms with Gasteiger partial charge in [-0.15, -0.1) is 0 Å². The van der Waals surface area contributed by atoms with Crippen molar-refractivity contribution in [2.75, 3.05) is 19.6 Å². The van der Waals surface area contributed by atoms with Crippen molar-refractivity contribution < 1.29 is 13.2 Å². The number of piperidine rings is 1. The van der Waals surface area contributed by atoms with E-state index in [1.807, 2.05) is 6.92 Å². The summed E-state index contributed by atoms with van der Waals surface area (Å²) in [5, 5.41) is 9.53. The first-order valence-electron chi connectivity index (χ1n) is 8.28. The largest absolute Gasteiger partial charge is 0.356 e. The third kappa shape index (κ3) is 4.14. The Morgan fingerprint density at radius 1 is 1.50 bits per heavy atom. The maximum atomic E-state index is 12.9. The molecule has 136 valence electrons. The topological polar surface area (TPSA) is 121 Å². The number of carbonyl (C=O) groups is 1. The molecule has 0 spiro atoms. The number of carbonyl (C=O) groups excluding carboxylic acids is 1. The molecule has 1 aliphatic rings. The summed E-state index contributed by atoms with van der Waals surface area (Å²) in [5.41, 5.74) is 6.65. The van der Waals surface area contributed by atoms with E-state index < -0.39 is 10.0 Å². The number of nitrogens with two attached hydrogens (primary N) is 1. The Morgan fingerprint density at radius 2 is 2.21 bits per heavy atom. The predicted molar refractivity (Wildman–Crippen MR) is 90.8 cm³/mol. The lowest BCUT2D eigenvalue weighted by atomic mass is 9.99. The van der Waals surface area contributed by atoms with E-state index in [1.165, 1.54) is 4.31 Å². The fourth-order valence-electron chi connectivity index (χ4n) is 2.99. The molecule has 8 nitrogen and oxygen atoms in total. The van der Waals surface area contributed by atoms with Gasteiger partial charge in [0.15, 0.2) is 0 Å². The first-order valence-corrected chi connectivity index (χ1v) is 9.72. The van der Waals surface area contributed by atoms with E-state index in [4.69, 9.17) is 5.73 Å². The molecule has 9 heteroatoms. The van der Waals surface area contributed by atoms with E-state index in [2.05, 4.69) is 15.5 Å². The smallest absolute Gasteiger partial charge is 0.246 e. The Morgan fingerprint density at radius 3 is 2.79 bits per heavy atom. The summed E-state index contributed by atoms with van der Waals surface area (Å²) in [4.78, 5) is 12.5. The van der Waals surface area contributed by atoms with Crippen LogP contribution < -0.4 is 11.1 Å². The van der Waals surface area contributed by atoms with Gasteiger partial charge < -0.3 is 11.1 Å². The van der Waals surface area contributed by atoms with Gasteiger partial charge in [-0.05, 0) is 40.0 Å². The van der Waals surface area contributed by atoms with Gasteiger partial charge in [-0.2, -0.15) is 9.40 Å². The molecular weight excluding hydrogens is 330 g/mol. The monoisotopic (exact) mass is 357 g/mol. The second-order valence-electron chi connectivity index (χ2n) is 6.52. The van der Waals surface area contributed by atoms with Crippen molar-refractivity contribution in [3.63, 3.8) is 0 Å². The lowest BCUT2D eigenvalue weighted by molar-refractivity contribution is -0.126. The standard InChI is InChI=1S/C15H27N5O3S/c1-10(16)6-7-17-15(21)13-5-4-8-20(9-13)24(22,23)14-11(2)18-19-12(14)3/h10,13H,4-9,16H2,1-3H3,(H,17,21)(H,18,19). The van der Waals surface area contributed by atoms with E-state index in [9.17, 15) is 13.2 Å². The molecule has 24 heavy (non-hydrogen) atoms. The molecule has 1 aromatic heterocycles. The van der Waals surface area contributed by atoms with Gasteiger partial charge in [0.05, 0.1) is 17.3 Å². The summed E-state index contributed by atoms with van der Waals surface area (Å²) in [5.74, 6) is -0.426. The quantitative estimate of drug-likeness (QED) is 0.675. The maximum absolute atomic E-state index is 12.9. The molecular formula is C15H27N5O3S. The summed E-state index contributed by atoms with van der Waals surface area (Å²) in [6, 6.07) is 0.0283. The molecule has 1 saturated heterocycles. The number of sulfonamides is 1. The lowest BCUT2D eigenvalue weighted by Crippen LogP contribution is -2.46. The summed E-state index contributed by atoms with van der Waals surface area (Å²) in [6.07, 6.45) is 2.06. The minimum Gasteiger partial charge on any atom is -0.356 e. The van der Waals surface area contributed by atoms with E-state index in [-0.39, 0.29) is 29.3 Å². The van der Waals surface area contributed by atoms with Crippen LogP contribution in [0.2, 0.25) is 0 Å². The number of hydrogen-bond acceptors (Lipinski definition) is 5. The van der Waals surface area contributed by atoms with Crippen LogP contribution in [0.5, 0.6) is 0 Å². The van der Waals surface area contributed by atoms with Crippen LogP contribution in [0.15, 0.2) is 4.90 Å². The van der Waals surface area contributed by atoms with E-state index in [0.717, 1.165) is 0 Å². The first kappa shape index (κ1) is 18.9.